The van der Waals surface area contributed by atoms with Gasteiger partial charge < -0.3 is 15.3 Å². The zero-order valence-electron chi connectivity index (χ0n) is 22.9. The largest absolute Gasteiger partial charge is 0.393 e. The number of nitrogens with one attached hydrogen (secondary N) is 1. The summed E-state index contributed by atoms with van der Waals surface area (Å²) in [6.07, 6.45) is 6.69. The number of pyridine rings is 1. The lowest BCUT2D eigenvalue weighted by Gasteiger charge is -2.43. The highest BCUT2D eigenvalue weighted by Gasteiger charge is 2.29. The Hall–Kier alpha value is -1.52. The van der Waals surface area contributed by atoms with Crippen molar-refractivity contribution in [2.75, 3.05) is 50.7 Å². The number of piperidine rings is 1. The molecule has 0 radical (unpaired) electrons. The van der Waals surface area contributed by atoms with Gasteiger partial charge in [0.1, 0.15) is 5.82 Å². The van der Waals surface area contributed by atoms with Crippen LogP contribution in [0.5, 0.6) is 0 Å². The molecule has 0 spiro atoms. The zero-order chi connectivity index (χ0) is 27.4. The highest BCUT2D eigenvalue weighted by Crippen LogP contribution is 2.30. The van der Waals surface area contributed by atoms with E-state index in [2.05, 4.69) is 88.0 Å². The van der Waals surface area contributed by atoms with Crippen LogP contribution in [0.2, 0.25) is 0 Å². The fourth-order valence-electron chi connectivity index (χ4n) is 6.39. The lowest BCUT2D eigenvalue weighted by Crippen LogP contribution is -2.53. The molecule has 2 aliphatic heterocycles. The number of hydrogen-bond donors (Lipinski definition) is 2. The third-order valence-corrected chi connectivity index (χ3v) is 9.99. The highest BCUT2D eigenvalue weighted by molar-refractivity contribution is 9.10. The van der Waals surface area contributed by atoms with Gasteiger partial charge in [-0.05, 0) is 96.7 Å². The number of aromatic nitrogens is 1. The Morgan fingerprint density at radius 3 is 2.41 bits per heavy atom. The van der Waals surface area contributed by atoms with Gasteiger partial charge in [-0.2, -0.15) is 0 Å². The van der Waals surface area contributed by atoms with E-state index in [1.165, 1.54) is 18.4 Å². The van der Waals surface area contributed by atoms with Crippen molar-refractivity contribution < 1.29 is 9.90 Å². The molecule has 1 aromatic heterocycles. The zero-order valence-corrected chi connectivity index (χ0v) is 26.0. The topological polar surface area (TPSA) is 71.9 Å². The monoisotopic (exact) mass is 661 g/mol. The summed E-state index contributed by atoms with van der Waals surface area (Å²) >= 11 is 7.21. The van der Waals surface area contributed by atoms with E-state index in [0.717, 1.165) is 79.8 Å². The smallest absolute Gasteiger partial charge is 0.252 e. The highest BCUT2D eigenvalue weighted by atomic mass is 79.9. The Bertz CT molecular complexity index is 1100. The maximum Gasteiger partial charge on any atom is 0.252 e. The maximum atomic E-state index is 12.8. The second kappa shape index (κ2) is 13.4. The number of benzene rings is 1. The summed E-state index contributed by atoms with van der Waals surface area (Å²) in [5.74, 6) is 1.57. The number of likely N-dealkylation sites (tertiary alicyclic amines) is 1. The minimum absolute atomic E-state index is 0.0789. The van der Waals surface area contributed by atoms with E-state index in [0.29, 0.717) is 30.0 Å². The Kier molecular flexibility index (Phi) is 9.98. The van der Waals surface area contributed by atoms with Gasteiger partial charge in [0.2, 0.25) is 0 Å². The summed E-state index contributed by atoms with van der Waals surface area (Å²) in [5.41, 5.74) is 1.97. The first-order valence-corrected chi connectivity index (χ1v) is 16.0. The first-order chi connectivity index (χ1) is 18.9. The van der Waals surface area contributed by atoms with Crippen LogP contribution < -0.4 is 10.2 Å². The number of anilines is 1. The van der Waals surface area contributed by atoms with E-state index >= 15 is 0 Å². The Morgan fingerprint density at radius 1 is 1.03 bits per heavy atom. The molecule has 212 valence electrons. The van der Waals surface area contributed by atoms with Gasteiger partial charge in [0, 0.05) is 56.0 Å². The van der Waals surface area contributed by atoms with Crippen LogP contribution in [0.1, 0.15) is 54.9 Å². The summed E-state index contributed by atoms with van der Waals surface area (Å²) in [5, 5.41) is 13.0. The second-order valence-corrected chi connectivity index (χ2v) is 13.4. The lowest BCUT2D eigenvalue weighted by molar-refractivity contribution is 0.0565. The minimum atomic E-state index is -0.201. The number of halogens is 2. The summed E-state index contributed by atoms with van der Waals surface area (Å²) in [6, 6.07) is 11.2. The molecule has 0 bridgehead atoms. The molecule has 2 saturated heterocycles. The van der Waals surface area contributed by atoms with Crippen molar-refractivity contribution in [3.63, 3.8) is 0 Å². The first kappa shape index (κ1) is 29.0. The summed E-state index contributed by atoms with van der Waals surface area (Å²) in [4.78, 5) is 25.0. The Balaban J connectivity index is 1.06. The van der Waals surface area contributed by atoms with Gasteiger partial charge in [0.25, 0.3) is 5.91 Å². The molecule has 3 aliphatic rings. The third-order valence-electron chi connectivity index (χ3n) is 8.87. The molecular weight excluding hydrogens is 622 g/mol. The van der Waals surface area contributed by atoms with Crippen molar-refractivity contribution in [3.8, 4) is 0 Å². The molecule has 1 aliphatic carbocycles. The fraction of sp³-hybridized carbons (Fsp3) is 0.600. The number of hydrogen-bond acceptors (Lipinski definition) is 6. The molecule has 1 saturated carbocycles. The molecule has 3 fully saturated rings. The molecule has 1 aromatic carbocycles. The average molecular weight is 663 g/mol. The number of carbonyl (C=O) groups excluding carboxylic acids is 1. The van der Waals surface area contributed by atoms with E-state index in [9.17, 15) is 9.90 Å². The molecular formula is C30H41Br2N5O2. The number of nitrogens with zero attached hydrogens (tertiary/aromatic N) is 4. The number of aliphatic hydroxyl groups excluding tert-OH is 1. The van der Waals surface area contributed by atoms with Crippen molar-refractivity contribution in [1.82, 2.24) is 20.1 Å². The predicted molar refractivity (Wildman–Crippen MR) is 163 cm³/mol. The number of carbonyl (C=O) groups is 1. The van der Waals surface area contributed by atoms with Gasteiger partial charge in [-0.3, -0.25) is 14.6 Å². The summed E-state index contributed by atoms with van der Waals surface area (Å²) in [6.45, 7) is 10.1. The van der Waals surface area contributed by atoms with Gasteiger partial charge in [0.15, 0.2) is 0 Å². The van der Waals surface area contributed by atoms with Crippen LogP contribution in [-0.2, 0) is 6.54 Å². The standard InChI is InChI=1S/C30H41Br2N5O2/c1-21-16-23(4-7-28(21)38)18-34-30(39)24-17-27(32)29(33-19-24)37-14-12-36(13-15-37)26-8-10-35(11-9-26)20-22-2-5-25(31)6-3-22/h2-3,5-6,17,19,21,23,26,28,38H,4,7-16,18,20H2,1H3,(H,34,39)/t21-,23?,28?/m1/s1. The van der Waals surface area contributed by atoms with Gasteiger partial charge in [-0.25, -0.2) is 4.98 Å². The Labute approximate surface area is 249 Å². The summed E-state index contributed by atoms with van der Waals surface area (Å²) < 4.78 is 2.01. The minimum Gasteiger partial charge on any atom is -0.393 e. The number of aliphatic hydroxyl groups is 1. The van der Waals surface area contributed by atoms with Gasteiger partial charge in [-0.1, -0.05) is 35.0 Å². The van der Waals surface area contributed by atoms with Crippen LogP contribution in [0.4, 0.5) is 5.82 Å². The van der Waals surface area contributed by atoms with E-state index in [-0.39, 0.29) is 12.0 Å². The van der Waals surface area contributed by atoms with Crippen LogP contribution in [0.25, 0.3) is 0 Å². The molecule has 2 N–H and O–H groups in total. The number of piperazine rings is 1. The molecule has 2 aromatic rings. The van der Waals surface area contributed by atoms with Crippen LogP contribution >= 0.6 is 31.9 Å². The maximum absolute atomic E-state index is 12.8. The van der Waals surface area contributed by atoms with Crippen LogP contribution in [0.3, 0.4) is 0 Å². The normalized spacial score (nSPS) is 25.5. The molecule has 3 heterocycles. The molecule has 39 heavy (non-hydrogen) atoms. The predicted octanol–water partition coefficient (Wildman–Crippen LogP) is 4.92. The Morgan fingerprint density at radius 2 is 1.74 bits per heavy atom. The SMILES string of the molecule is C[C@@H]1CC(CNC(=O)c2cnc(N3CCN(C4CCN(Cc5ccc(Br)cc5)CC4)CC3)c(Br)c2)CCC1O. The number of rotatable bonds is 7. The van der Waals surface area contributed by atoms with Crippen LogP contribution in [-0.4, -0.2) is 83.8 Å². The lowest BCUT2D eigenvalue weighted by atomic mass is 9.80. The van der Waals surface area contributed by atoms with Crippen molar-refractivity contribution in [1.29, 1.82) is 0 Å². The van der Waals surface area contributed by atoms with Gasteiger partial charge in [0.05, 0.1) is 16.1 Å². The molecule has 9 heteroatoms. The fourth-order valence-corrected chi connectivity index (χ4v) is 7.26. The molecule has 5 rings (SSSR count). The van der Waals surface area contributed by atoms with E-state index < -0.39 is 0 Å². The van der Waals surface area contributed by atoms with Crippen LogP contribution in [0, 0.1) is 11.8 Å². The molecule has 7 nitrogen and oxygen atoms in total. The average Bonchev–Trinajstić information content (AvgIpc) is 2.95. The van der Waals surface area contributed by atoms with Gasteiger partial charge in [-0.15, -0.1) is 0 Å². The van der Waals surface area contributed by atoms with Crippen molar-refractivity contribution in [2.24, 2.45) is 11.8 Å². The second-order valence-electron chi connectivity index (χ2n) is 11.6. The van der Waals surface area contributed by atoms with E-state index in [1.807, 2.05) is 6.07 Å². The summed E-state index contributed by atoms with van der Waals surface area (Å²) in [7, 11) is 0. The first-order valence-electron chi connectivity index (χ1n) is 14.4. The van der Waals surface area contributed by atoms with Crippen molar-refractivity contribution >= 4 is 43.6 Å². The van der Waals surface area contributed by atoms with E-state index in [1.54, 1.807) is 6.20 Å². The third kappa shape index (κ3) is 7.61. The van der Waals surface area contributed by atoms with E-state index in [4.69, 9.17) is 0 Å². The molecule has 1 amide bonds. The van der Waals surface area contributed by atoms with Crippen LogP contribution in [0.15, 0.2) is 45.5 Å². The molecule has 2 unspecified atom stereocenters. The van der Waals surface area contributed by atoms with Crippen molar-refractivity contribution in [2.45, 2.75) is 57.7 Å². The molecule has 3 atom stereocenters. The van der Waals surface area contributed by atoms with Gasteiger partial charge >= 0.3 is 0 Å². The quantitative estimate of drug-likeness (QED) is 0.439. The number of amides is 1. The van der Waals surface area contributed by atoms with Crippen molar-refractivity contribution in [3.05, 3.63) is 56.6 Å².